The van der Waals surface area contributed by atoms with Crippen LogP contribution in [0.2, 0.25) is 0 Å². The molecule has 0 radical (unpaired) electrons. The van der Waals surface area contributed by atoms with Gasteiger partial charge >= 0.3 is 0 Å². The van der Waals surface area contributed by atoms with Gasteiger partial charge in [-0.05, 0) is 50.1 Å². The first-order chi connectivity index (χ1) is 11.5. The number of piperidine rings is 1. The van der Waals surface area contributed by atoms with E-state index in [-0.39, 0.29) is 18.0 Å². The molecule has 1 unspecified atom stereocenters. The van der Waals surface area contributed by atoms with Gasteiger partial charge in [-0.2, -0.15) is 4.39 Å². The van der Waals surface area contributed by atoms with Gasteiger partial charge in [0, 0.05) is 24.3 Å². The smallest absolute Gasteiger partial charge is 0.214 e. The van der Waals surface area contributed by atoms with Crippen LogP contribution >= 0.6 is 0 Å². The lowest BCUT2D eigenvalue weighted by Crippen LogP contribution is -2.36. The molecule has 0 amide bonds. The molecule has 1 atom stereocenters. The molecule has 2 heterocycles. The number of nitrogens with one attached hydrogen (secondary N) is 1. The van der Waals surface area contributed by atoms with E-state index in [0.717, 1.165) is 24.3 Å². The molecule has 1 aliphatic rings. The van der Waals surface area contributed by atoms with Crippen LogP contribution in [-0.4, -0.2) is 29.3 Å². The van der Waals surface area contributed by atoms with Crippen molar-refractivity contribution in [3.63, 3.8) is 0 Å². The molecule has 6 heteroatoms. The van der Waals surface area contributed by atoms with Gasteiger partial charge in [-0.1, -0.05) is 6.07 Å². The van der Waals surface area contributed by atoms with Gasteiger partial charge < -0.3 is 15.3 Å². The van der Waals surface area contributed by atoms with Crippen LogP contribution in [0.4, 0.5) is 20.3 Å². The van der Waals surface area contributed by atoms with E-state index in [9.17, 15) is 13.9 Å². The number of aliphatic hydroxyl groups is 1. The minimum absolute atomic E-state index is 0.239. The van der Waals surface area contributed by atoms with Crippen molar-refractivity contribution >= 4 is 11.5 Å². The third kappa shape index (κ3) is 3.82. The van der Waals surface area contributed by atoms with E-state index in [1.165, 1.54) is 18.2 Å². The van der Waals surface area contributed by atoms with Crippen LogP contribution in [0, 0.1) is 11.8 Å². The average Bonchev–Trinajstić information content (AvgIpc) is 2.56. The molecule has 0 spiro atoms. The predicted octanol–water partition coefficient (Wildman–Crippen LogP) is 3.49. The second-order valence-electron chi connectivity index (χ2n) is 6.13. The maximum Gasteiger partial charge on any atom is 0.214 e. The van der Waals surface area contributed by atoms with E-state index in [1.54, 1.807) is 18.2 Å². The zero-order valence-corrected chi connectivity index (χ0v) is 13.5. The van der Waals surface area contributed by atoms with Crippen LogP contribution in [0.5, 0.6) is 0 Å². The van der Waals surface area contributed by atoms with Gasteiger partial charge in [0.2, 0.25) is 5.95 Å². The maximum absolute atomic E-state index is 13.8. The van der Waals surface area contributed by atoms with Crippen molar-refractivity contribution in [1.29, 1.82) is 0 Å². The number of hydrogen-bond donors (Lipinski definition) is 2. The highest BCUT2D eigenvalue weighted by atomic mass is 19.1. The molecule has 24 heavy (non-hydrogen) atoms. The molecule has 0 saturated carbocycles. The van der Waals surface area contributed by atoms with E-state index < -0.39 is 5.95 Å². The van der Waals surface area contributed by atoms with Crippen molar-refractivity contribution in [3.8, 4) is 0 Å². The van der Waals surface area contributed by atoms with Gasteiger partial charge in [0.25, 0.3) is 0 Å². The summed E-state index contributed by atoms with van der Waals surface area (Å²) in [5, 5.41) is 12.8. The van der Waals surface area contributed by atoms with Crippen molar-refractivity contribution in [2.24, 2.45) is 0 Å². The largest absolute Gasteiger partial charge is 0.393 e. The molecule has 1 aliphatic heterocycles. The highest BCUT2D eigenvalue weighted by molar-refractivity contribution is 5.57. The SMILES string of the molecule is CC(Nc1cccc(F)n1)c1cc(F)ccc1N1CCC(O)CC1. The summed E-state index contributed by atoms with van der Waals surface area (Å²) in [6, 6.07) is 9.00. The van der Waals surface area contributed by atoms with Gasteiger partial charge in [0.15, 0.2) is 0 Å². The van der Waals surface area contributed by atoms with Crippen molar-refractivity contribution in [1.82, 2.24) is 4.98 Å². The van der Waals surface area contributed by atoms with Crippen LogP contribution in [0.1, 0.15) is 31.4 Å². The predicted molar refractivity (Wildman–Crippen MR) is 90.1 cm³/mol. The lowest BCUT2D eigenvalue weighted by molar-refractivity contribution is 0.145. The Balaban J connectivity index is 1.84. The first kappa shape index (κ1) is 16.6. The highest BCUT2D eigenvalue weighted by Crippen LogP contribution is 2.31. The minimum Gasteiger partial charge on any atom is -0.393 e. The Morgan fingerprint density at radius 3 is 2.67 bits per heavy atom. The summed E-state index contributed by atoms with van der Waals surface area (Å²) in [6.07, 6.45) is 1.13. The fraction of sp³-hybridized carbons (Fsp3) is 0.389. The number of nitrogens with zero attached hydrogens (tertiary/aromatic N) is 2. The monoisotopic (exact) mass is 333 g/mol. The Bertz CT molecular complexity index is 702. The molecule has 128 valence electrons. The zero-order valence-electron chi connectivity index (χ0n) is 13.5. The molecular weight excluding hydrogens is 312 g/mol. The lowest BCUT2D eigenvalue weighted by atomic mass is 10.0. The van der Waals surface area contributed by atoms with E-state index in [2.05, 4.69) is 15.2 Å². The summed E-state index contributed by atoms with van der Waals surface area (Å²) in [5.41, 5.74) is 1.72. The fourth-order valence-electron chi connectivity index (χ4n) is 3.06. The molecule has 0 bridgehead atoms. The summed E-state index contributed by atoms with van der Waals surface area (Å²) in [7, 11) is 0. The Hall–Kier alpha value is -2.21. The van der Waals surface area contributed by atoms with Crippen LogP contribution in [0.3, 0.4) is 0 Å². The standard InChI is InChI=1S/C18H21F2N3O/c1-12(21-18-4-2-3-17(20)22-18)15-11-13(19)5-6-16(15)23-9-7-14(24)8-10-23/h2-6,11-12,14,24H,7-10H2,1H3,(H,21,22). The molecular formula is C18H21F2N3O. The molecule has 1 aromatic carbocycles. The second kappa shape index (κ2) is 7.13. The third-order valence-corrected chi connectivity index (χ3v) is 4.34. The topological polar surface area (TPSA) is 48.4 Å². The second-order valence-corrected chi connectivity index (χ2v) is 6.13. The summed E-state index contributed by atoms with van der Waals surface area (Å²) in [6.45, 7) is 3.35. The van der Waals surface area contributed by atoms with E-state index in [1.807, 2.05) is 6.92 Å². The summed E-state index contributed by atoms with van der Waals surface area (Å²) in [4.78, 5) is 5.95. The maximum atomic E-state index is 13.8. The number of hydrogen-bond acceptors (Lipinski definition) is 4. The minimum atomic E-state index is -0.559. The number of aliphatic hydroxyl groups excluding tert-OH is 1. The average molecular weight is 333 g/mol. The van der Waals surface area contributed by atoms with Crippen molar-refractivity contribution in [2.45, 2.75) is 31.9 Å². The van der Waals surface area contributed by atoms with E-state index in [4.69, 9.17) is 0 Å². The normalized spacial score (nSPS) is 16.9. The van der Waals surface area contributed by atoms with E-state index in [0.29, 0.717) is 18.7 Å². The van der Waals surface area contributed by atoms with Crippen molar-refractivity contribution in [3.05, 3.63) is 53.7 Å². The summed E-state index contributed by atoms with van der Waals surface area (Å²) >= 11 is 0. The summed E-state index contributed by atoms with van der Waals surface area (Å²) < 4.78 is 27.0. The number of halogens is 2. The quantitative estimate of drug-likeness (QED) is 0.841. The summed E-state index contributed by atoms with van der Waals surface area (Å²) in [5.74, 6) is -0.463. The third-order valence-electron chi connectivity index (χ3n) is 4.34. The first-order valence-electron chi connectivity index (χ1n) is 8.14. The van der Waals surface area contributed by atoms with Gasteiger partial charge in [0.1, 0.15) is 11.6 Å². The van der Waals surface area contributed by atoms with Crippen LogP contribution in [-0.2, 0) is 0 Å². The number of rotatable bonds is 4. The Morgan fingerprint density at radius 1 is 1.21 bits per heavy atom. The number of aromatic nitrogens is 1. The molecule has 2 N–H and O–H groups in total. The molecule has 1 aromatic heterocycles. The van der Waals surface area contributed by atoms with Gasteiger partial charge in [0.05, 0.1) is 12.1 Å². The van der Waals surface area contributed by atoms with Crippen molar-refractivity contribution in [2.75, 3.05) is 23.3 Å². The van der Waals surface area contributed by atoms with E-state index >= 15 is 0 Å². The molecule has 4 nitrogen and oxygen atoms in total. The molecule has 1 saturated heterocycles. The van der Waals surface area contributed by atoms with Gasteiger partial charge in [-0.3, -0.25) is 0 Å². The number of benzene rings is 1. The van der Waals surface area contributed by atoms with Crippen molar-refractivity contribution < 1.29 is 13.9 Å². The highest BCUT2D eigenvalue weighted by Gasteiger charge is 2.22. The molecule has 1 fully saturated rings. The number of pyridine rings is 1. The first-order valence-corrected chi connectivity index (χ1v) is 8.14. The van der Waals surface area contributed by atoms with Crippen LogP contribution in [0.25, 0.3) is 0 Å². The number of anilines is 2. The molecule has 2 aromatic rings. The van der Waals surface area contributed by atoms with Crippen LogP contribution in [0.15, 0.2) is 36.4 Å². The Labute approximate surface area is 140 Å². The fourth-order valence-corrected chi connectivity index (χ4v) is 3.06. The van der Waals surface area contributed by atoms with Crippen LogP contribution < -0.4 is 10.2 Å². The Morgan fingerprint density at radius 2 is 1.96 bits per heavy atom. The molecule has 3 rings (SSSR count). The van der Waals surface area contributed by atoms with Gasteiger partial charge in [-0.15, -0.1) is 0 Å². The lowest BCUT2D eigenvalue weighted by Gasteiger charge is -2.34. The Kier molecular flexibility index (Phi) is 4.94. The van der Waals surface area contributed by atoms with Gasteiger partial charge in [-0.25, -0.2) is 9.37 Å². The molecule has 0 aliphatic carbocycles. The zero-order chi connectivity index (χ0) is 17.1.